The number of carbonyl (C=O) groups excluding carboxylic acids is 1. The van der Waals surface area contributed by atoms with Crippen LogP contribution in [0.15, 0.2) is 36.5 Å². The number of nitrogens with zero attached hydrogens (tertiary/aromatic N) is 4. The molecule has 2 amide bonds. The predicted molar refractivity (Wildman–Crippen MR) is 113 cm³/mol. The van der Waals surface area contributed by atoms with Gasteiger partial charge in [0.05, 0.1) is 6.04 Å². The highest BCUT2D eigenvalue weighted by molar-refractivity contribution is 6.31. The molecule has 1 fully saturated rings. The van der Waals surface area contributed by atoms with Gasteiger partial charge in [-0.15, -0.1) is 5.10 Å². The van der Waals surface area contributed by atoms with Crippen molar-refractivity contribution < 1.29 is 4.79 Å². The summed E-state index contributed by atoms with van der Waals surface area (Å²) in [5, 5.41) is 12.0. The van der Waals surface area contributed by atoms with E-state index < -0.39 is 0 Å². The molecule has 3 rings (SSSR count). The van der Waals surface area contributed by atoms with E-state index in [0.717, 1.165) is 60.9 Å². The molecule has 0 spiro atoms. The molecule has 150 valence electrons. The number of amides is 2. The zero-order chi connectivity index (χ0) is 19.9. The third kappa shape index (κ3) is 5.13. The van der Waals surface area contributed by atoms with Gasteiger partial charge in [0.2, 0.25) is 0 Å². The summed E-state index contributed by atoms with van der Waals surface area (Å²) in [6.07, 6.45) is 4.64. The van der Waals surface area contributed by atoms with Gasteiger partial charge >= 0.3 is 6.03 Å². The Morgan fingerprint density at radius 1 is 1.39 bits per heavy atom. The molecule has 1 aromatic heterocycles. The maximum atomic E-state index is 12.9. The van der Waals surface area contributed by atoms with Crippen molar-refractivity contribution in [2.24, 2.45) is 0 Å². The molecule has 1 aliphatic heterocycles. The summed E-state index contributed by atoms with van der Waals surface area (Å²) in [6, 6.07) is 9.88. The standard InChI is InChI=1S/C21H28ClN5O/c1-3-11-27(21(28)23-14-17-8-9-19(22)16(2)13-17)18-6-5-12-26(15-18)20-7-4-10-24-25-20/h4,7-10,13,18H,3,5-6,11-12,14-15H2,1-2H3,(H,23,28). The minimum absolute atomic E-state index is 0.0135. The second kappa shape index (κ2) is 9.73. The molecule has 1 aromatic carbocycles. The molecule has 6 nitrogen and oxygen atoms in total. The van der Waals surface area contributed by atoms with Crippen molar-refractivity contribution in [1.82, 2.24) is 20.4 Å². The highest BCUT2D eigenvalue weighted by Gasteiger charge is 2.28. The van der Waals surface area contributed by atoms with Crippen molar-refractivity contribution in [1.29, 1.82) is 0 Å². The van der Waals surface area contributed by atoms with Crippen LogP contribution in [-0.2, 0) is 6.54 Å². The second-order valence-corrected chi connectivity index (χ2v) is 7.67. The normalized spacial score (nSPS) is 16.7. The number of benzene rings is 1. The zero-order valence-electron chi connectivity index (χ0n) is 16.6. The van der Waals surface area contributed by atoms with Gasteiger partial charge in [-0.2, -0.15) is 5.10 Å². The van der Waals surface area contributed by atoms with Crippen molar-refractivity contribution >= 4 is 23.4 Å². The maximum absolute atomic E-state index is 12.9. The second-order valence-electron chi connectivity index (χ2n) is 7.26. The Bertz CT molecular complexity index is 786. The lowest BCUT2D eigenvalue weighted by Crippen LogP contribution is -2.53. The number of rotatable bonds is 6. The first-order chi connectivity index (χ1) is 13.6. The van der Waals surface area contributed by atoms with E-state index in [1.54, 1.807) is 6.20 Å². The number of carbonyl (C=O) groups is 1. The quantitative estimate of drug-likeness (QED) is 0.793. The van der Waals surface area contributed by atoms with Crippen molar-refractivity contribution in [3.8, 4) is 0 Å². The van der Waals surface area contributed by atoms with Crippen LogP contribution in [0.5, 0.6) is 0 Å². The Morgan fingerprint density at radius 3 is 2.96 bits per heavy atom. The Hall–Kier alpha value is -2.34. The van der Waals surface area contributed by atoms with Crippen molar-refractivity contribution in [3.63, 3.8) is 0 Å². The zero-order valence-corrected chi connectivity index (χ0v) is 17.3. The lowest BCUT2D eigenvalue weighted by molar-refractivity contribution is 0.165. The van der Waals surface area contributed by atoms with Gasteiger partial charge in [0.15, 0.2) is 5.82 Å². The molecule has 1 N–H and O–H groups in total. The van der Waals surface area contributed by atoms with Gasteiger partial charge in [-0.1, -0.05) is 30.7 Å². The highest BCUT2D eigenvalue weighted by atomic mass is 35.5. The molecule has 0 bridgehead atoms. The Kier molecular flexibility index (Phi) is 7.09. The molecule has 1 saturated heterocycles. The van der Waals surface area contributed by atoms with Crippen molar-refractivity contribution in [3.05, 3.63) is 52.7 Å². The van der Waals surface area contributed by atoms with E-state index in [4.69, 9.17) is 11.6 Å². The first-order valence-electron chi connectivity index (χ1n) is 9.90. The summed E-state index contributed by atoms with van der Waals surface area (Å²) in [5.74, 6) is 0.876. The van der Waals surface area contributed by atoms with E-state index in [1.165, 1.54) is 0 Å². The third-order valence-corrected chi connectivity index (χ3v) is 5.54. The van der Waals surface area contributed by atoms with Crippen LogP contribution >= 0.6 is 11.6 Å². The minimum atomic E-state index is -0.0135. The van der Waals surface area contributed by atoms with Crippen LogP contribution in [0.2, 0.25) is 5.02 Å². The van der Waals surface area contributed by atoms with Gasteiger partial charge < -0.3 is 15.1 Å². The monoisotopic (exact) mass is 401 g/mol. The summed E-state index contributed by atoms with van der Waals surface area (Å²) >= 11 is 6.09. The fraction of sp³-hybridized carbons (Fsp3) is 0.476. The molecular weight excluding hydrogens is 374 g/mol. The van der Waals surface area contributed by atoms with Crippen LogP contribution in [0.3, 0.4) is 0 Å². The lowest BCUT2D eigenvalue weighted by atomic mass is 10.0. The Morgan fingerprint density at radius 2 is 2.25 bits per heavy atom. The number of aryl methyl sites for hydroxylation is 1. The summed E-state index contributed by atoms with van der Waals surface area (Å²) in [4.78, 5) is 17.1. The molecular formula is C21H28ClN5O. The maximum Gasteiger partial charge on any atom is 0.317 e. The number of hydrogen-bond donors (Lipinski definition) is 1. The number of anilines is 1. The largest absolute Gasteiger partial charge is 0.353 e. The number of halogens is 1. The third-order valence-electron chi connectivity index (χ3n) is 5.11. The first-order valence-corrected chi connectivity index (χ1v) is 10.3. The molecule has 28 heavy (non-hydrogen) atoms. The van der Waals surface area contributed by atoms with E-state index in [9.17, 15) is 4.79 Å². The molecule has 1 aliphatic rings. The van der Waals surface area contributed by atoms with Gasteiger partial charge in [0, 0.05) is 37.4 Å². The van der Waals surface area contributed by atoms with Crippen LogP contribution in [0.4, 0.5) is 10.6 Å². The number of piperidine rings is 1. The van der Waals surface area contributed by atoms with Gasteiger partial charge in [-0.3, -0.25) is 0 Å². The molecule has 2 aromatic rings. The van der Waals surface area contributed by atoms with Crippen LogP contribution < -0.4 is 10.2 Å². The van der Waals surface area contributed by atoms with Crippen molar-refractivity contribution in [2.75, 3.05) is 24.5 Å². The number of hydrogen-bond acceptors (Lipinski definition) is 4. The van der Waals surface area contributed by atoms with Gasteiger partial charge in [0.25, 0.3) is 0 Å². The van der Waals surface area contributed by atoms with E-state index in [2.05, 4.69) is 27.3 Å². The fourth-order valence-corrected chi connectivity index (χ4v) is 3.78. The van der Waals surface area contributed by atoms with Crippen molar-refractivity contribution in [2.45, 2.75) is 45.7 Å². The molecule has 1 atom stereocenters. The molecule has 1 unspecified atom stereocenters. The predicted octanol–water partition coefficient (Wildman–Crippen LogP) is 4.03. The Labute approximate surface area is 171 Å². The number of aromatic nitrogens is 2. The molecule has 7 heteroatoms. The molecule has 2 heterocycles. The van der Waals surface area contributed by atoms with E-state index in [0.29, 0.717) is 6.54 Å². The fourth-order valence-electron chi connectivity index (χ4n) is 3.67. The van der Waals surface area contributed by atoms with E-state index in [1.807, 2.05) is 42.2 Å². The molecule has 0 radical (unpaired) electrons. The molecule has 0 aliphatic carbocycles. The van der Waals surface area contributed by atoms with Crippen LogP contribution in [0.25, 0.3) is 0 Å². The summed E-state index contributed by atoms with van der Waals surface area (Å²) in [5.41, 5.74) is 2.07. The number of urea groups is 1. The summed E-state index contributed by atoms with van der Waals surface area (Å²) < 4.78 is 0. The topological polar surface area (TPSA) is 61.4 Å². The van der Waals surface area contributed by atoms with Gasteiger partial charge in [0.1, 0.15) is 0 Å². The smallest absolute Gasteiger partial charge is 0.317 e. The van der Waals surface area contributed by atoms with E-state index >= 15 is 0 Å². The van der Waals surface area contributed by atoms with Crippen LogP contribution in [-0.4, -0.2) is 46.8 Å². The van der Waals surface area contributed by atoms with Gasteiger partial charge in [-0.05, 0) is 55.5 Å². The average molecular weight is 402 g/mol. The first kappa shape index (κ1) is 20.4. The van der Waals surface area contributed by atoms with Crippen LogP contribution in [0, 0.1) is 6.92 Å². The highest BCUT2D eigenvalue weighted by Crippen LogP contribution is 2.21. The van der Waals surface area contributed by atoms with Crippen LogP contribution in [0.1, 0.15) is 37.3 Å². The lowest BCUT2D eigenvalue weighted by Gasteiger charge is -2.39. The SMILES string of the molecule is CCCN(C(=O)NCc1ccc(Cl)c(C)c1)C1CCCN(c2cccnn2)C1. The minimum Gasteiger partial charge on any atom is -0.353 e. The molecule has 0 saturated carbocycles. The Balaban J connectivity index is 1.64. The average Bonchev–Trinajstić information content (AvgIpc) is 2.73. The summed E-state index contributed by atoms with van der Waals surface area (Å²) in [6.45, 7) is 7.04. The summed E-state index contributed by atoms with van der Waals surface area (Å²) in [7, 11) is 0. The van der Waals surface area contributed by atoms with Gasteiger partial charge in [-0.25, -0.2) is 4.79 Å². The number of nitrogens with one attached hydrogen (secondary N) is 1. The van der Waals surface area contributed by atoms with E-state index in [-0.39, 0.29) is 12.1 Å².